The Labute approximate surface area is 171 Å². The maximum atomic E-state index is 12.1. The summed E-state index contributed by atoms with van der Waals surface area (Å²) in [5.41, 5.74) is 1.56. The quantitative estimate of drug-likeness (QED) is 0.212. The summed E-state index contributed by atoms with van der Waals surface area (Å²) in [6.07, 6.45) is 0. The van der Waals surface area contributed by atoms with Gasteiger partial charge >= 0.3 is 5.97 Å². The number of hydrogen-bond acceptors (Lipinski definition) is 9. The number of fused-ring (bicyclic) bond motifs is 1. The zero-order chi connectivity index (χ0) is 21.7. The van der Waals surface area contributed by atoms with Gasteiger partial charge in [-0.05, 0) is 32.0 Å². The molecule has 0 saturated heterocycles. The van der Waals surface area contributed by atoms with Crippen molar-refractivity contribution in [3.8, 4) is 11.5 Å². The summed E-state index contributed by atoms with van der Waals surface area (Å²) < 4.78 is 15.4. The molecule has 1 aliphatic rings. The number of carbonyl (C=O) groups is 2. The summed E-state index contributed by atoms with van der Waals surface area (Å²) in [5, 5.41) is 14.8. The van der Waals surface area contributed by atoms with Crippen LogP contribution in [0.1, 0.15) is 28.4 Å². The average molecular weight is 414 g/mol. The molecule has 0 unspecified atom stereocenters. The number of Topliss-reactive ketones (excluding diaryl/α,β-unsaturated/α-hetero) is 1. The van der Waals surface area contributed by atoms with Crippen LogP contribution in [0, 0.1) is 17.0 Å². The molecule has 1 aliphatic heterocycles. The van der Waals surface area contributed by atoms with Gasteiger partial charge in [-0.2, -0.15) is 0 Å². The molecule has 2 aromatic rings. The zero-order valence-electron chi connectivity index (χ0n) is 16.2. The van der Waals surface area contributed by atoms with Crippen LogP contribution in [-0.4, -0.2) is 42.4 Å². The minimum absolute atomic E-state index is 0.0812. The first-order valence-electron chi connectivity index (χ1n) is 8.85. The van der Waals surface area contributed by atoms with Crippen molar-refractivity contribution in [2.24, 2.45) is 5.16 Å². The van der Waals surface area contributed by atoms with Crippen LogP contribution in [0.2, 0.25) is 0 Å². The zero-order valence-corrected chi connectivity index (χ0v) is 16.2. The minimum atomic E-state index is -0.799. The molecule has 10 nitrogen and oxygen atoms in total. The highest BCUT2D eigenvalue weighted by Gasteiger charge is 2.17. The fraction of sp³-hybridized carbons (Fsp3) is 0.250. The van der Waals surface area contributed by atoms with Crippen LogP contribution in [-0.2, 0) is 14.4 Å². The van der Waals surface area contributed by atoms with Gasteiger partial charge in [-0.1, -0.05) is 17.3 Å². The lowest BCUT2D eigenvalue weighted by molar-refractivity contribution is -0.385. The lowest BCUT2D eigenvalue weighted by Gasteiger charge is -2.06. The second kappa shape index (κ2) is 9.03. The van der Waals surface area contributed by atoms with E-state index in [2.05, 4.69) is 5.16 Å². The lowest BCUT2D eigenvalue weighted by Crippen LogP contribution is -2.17. The standard InChI is InChI=1S/C20H18N2O8/c1-12-3-4-15(7-16(12)22(25)26)17(23)9-27-20(24)10-30-21-13(2)14-5-6-18-19(8-14)29-11-28-18/h3-8H,9-11H2,1-2H3/b21-13-. The first kappa shape index (κ1) is 20.8. The van der Waals surface area contributed by atoms with E-state index in [4.69, 9.17) is 19.0 Å². The molecular formula is C20H18N2O8. The second-order valence-corrected chi connectivity index (χ2v) is 6.36. The van der Waals surface area contributed by atoms with Crippen molar-refractivity contribution in [1.29, 1.82) is 0 Å². The predicted molar refractivity (Wildman–Crippen MR) is 104 cm³/mol. The van der Waals surface area contributed by atoms with Crippen molar-refractivity contribution in [2.45, 2.75) is 13.8 Å². The van der Waals surface area contributed by atoms with E-state index in [0.717, 1.165) is 11.6 Å². The Morgan fingerprint density at radius 2 is 1.83 bits per heavy atom. The largest absolute Gasteiger partial charge is 0.455 e. The normalized spacial score (nSPS) is 12.4. The third kappa shape index (κ3) is 4.90. The third-order valence-electron chi connectivity index (χ3n) is 4.27. The predicted octanol–water partition coefficient (Wildman–Crippen LogP) is 2.80. The van der Waals surface area contributed by atoms with Crippen molar-refractivity contribution in [3.63, 3.8) is 0 Å². The molecule has 0 amide bonds. The van der Waals surface area contributed by atoms with Crippen molar-refractivity contribution >= 4 is 23.2 Å². The van der Waals surface area contributed by atoms with E-state index in [1.165, 1.54) is 12.1 Å². The van der Waals surface area contributed by atoms with Crippen LogP contribution >= 0.6 is 0 Å². The number of nitro benzene ring substituents is 1. The van der Waals surface area contributed by atoms with Crippen LogP contribution in [0.5, 0.6) is 11.5 Å². The summed E-state index contributed by atoms with van der Waals surface area (Å²) in [7, 11) is 0. The van der Waals surface area contributed by atoms with Gasteiger partial charge < -0.3 is 19.0 Å². The van der Waals surface area contributed by atoms with E-state index in [0.29, 0.717) is 22.8 Å². The smallest absolute Gasteiger partial charge is 0.347 e. The van der Waals surface area contributed by atoms with E-state index in [1.807, 2.05) is 0 Å². The summed E-state index contributed by atoms with van der Waals surface area (Å²) in [5.74, 6) is -0.130. The van der Waals surface area contributed by atoms with Gasteiger partial charge in [-0.3, -0.25) is 14.9 Å². The number of rotatable bonds is 8. The number of ether oxygens (including phenoxy) is 3. The topological polar surface area (TPSA) is 127 Å². The van der Waals surface area contributed by atoms with Gasteiger partial charge in [0.25, 0.3) is 5.69 Å². The SMILES string of the molecule is C/C(=N/OCC(=O)OCC(=O)c1ccc(C)c([N+](=O)[O-])c1)c1ccc2c(c1)OCO2. The van der Waals surface area contributed by atoms with Crippen LogP contribution in [0.15, 0.2) is 41.6 Å². The average Bonchev–Trinajstić information content (AvgIpc) is 3.19. The molecule has 0 aliphatic carbocycles. The molecule has 0 bridgehead atoms. The molecule has 2 aromatic carbocycles. The maximum Gasteiger partial charge on any atom is 0.347 e. The molecule has 0 N–H and O–H groups in total. The monoisotopic (exact) mass is 414 g/mol. The van der Waals surface area contributed by atoms with Gasteiger partial charge in [-0.15, -0.1) is 0 Å². The number of nitrogens with zero attached hydrogens (tertiary/aromatic N) is 2. The Balaban J connectivity index is 1.49. The number of hydrogen-bond donors (Lipinski definition) is 0. The molecule has 0 atom stereocenters. The highest BCUT2D eigenvalue weighted by Crippen LogP contribution is 2.32. The maximum absolute atomic E-state index is 12.1. The van der Waals surface area contributed by atoms with Crippen molar-refractivity contribution in [2.75, 3.05) is 20.0 Å². The molecule has 30 heavy (non-hydrogen) atoms. The van der Waals surface area contributed by atoms with Gasteiger partial charge in [-0.25, -0.2) is 4.79 Å². The summed E-state index contributed by atoms with van der Waals surface area (Å²) >= 11 is 0. The molecule has 10 heteroatoms. The van der Waals surface area contributed by atoms with E-state index in [9.17, 15) is 19.7 Å². The molecule has 0 aromatic heterocycles. The number of aryl methyl sites for hydroxylation is 1. The Morgan fingerprint density at radius 1 is 1.10 bits per heavy atom. The number of nitro groups is 1. The highest BCUT2D eigenvalue weighted by molar-refractivity contribution is 5.99. The Morgan fingerprint density at radius 3 is 2.60 bits per heavy atom. The lowest BCUT2D eigenvalue weighted by atomic mass is 10.1. The molecular weight excluding hydrogens is 396 g/mol. The number of benzene rings is 2. The molecule has 156 valence electrons. The molecule has 0 radical (unpaired) electrons. The van der Waals surface area contributed by atoms with Crippen LogP contribution in [0.4, 0.5) is 5.69 Å². The Bertz CT molecular complexity index is 1030. The van der Waals surface area contributed by atoms with E-state index >= 15 is 0 Å². The number of carbonyl (C=O) groups excluding carboxylic acids is 2. The van der Waals surface area contributed by atoms with Gasteiger partial charge in [0.05, 0.1) is 10.6 Å². The van der Waals surface area contributed by atoms with Gasteiger partial charge in [0.15, 0.2) is 18.1 Å². The Kier molecular flexibility index (Phi) is 6.26. The number of oxime groups is 1. The number of ketones is 1. The van der Waals surface area contributed by atoms with Crippen LogP contribution < -0.4 is 9.47 Å². The van der Waals surface area contributed by atoms with E-state index in [1.54, 1.807) is 32.0 Å². The number of esters is 1. The van der Waals surface area contributed by atoms with Crippen molar-refractivity contribution < 1.29 is 33.6 Å². The van der Waals surface area contributed by atoms with Crippen LogP contribution in [0.3, 0.4) is 0 Å². The summed E-state index contributed by atoms with van der Waals surface area (Å²) in [4.78, 5) is 39.2. The summed E-state index contributed by atoms with van der Waals surface area (Å²) in [6, 6.07) is 9.31. The van der Waals surface area contributed by atoms with Crippen LogP contribution in [0.25, 0.3) is 0 Å². The van der Waals surface area contributed by atoms with Crippen molar-refractivity contribution in [1.82, 2.24) is 0 Å². The third-order valence-corrected chi connectivity index (χ3v) is 4.27. The first-order valence-corrected chi connectivity index (χ1v) is 8.85. The fourth-order valence-corrected chi connectivity index (χ4v) is 2.61. The highest BCUT2D eigenvalue weighted by atomic mass is 16.7. The second-order valence-electron chi connectivity index (χ2n) is 6.36. The molecule has 0 saturated carbocycles. The Hall–Kier alpha value is -3.95. The minimum Gasteiger partial charge on any atom is -0.455 e. The molecule has 0 fully saturated rings. The van der Waals surface area contributed by atoms with Crippen molar-refractivity contribution in [3.05, 3.63) is 63.2 Å². The fourth-order valence-electron chi connectivity index (χ4n) is 2.61. The summed E-state index contributed by atoms with van der Waals surface area (Å²) in [6.45, 7) is 2.36. The van der Waals surface area contributed by atoms with Gasteiger partial charge in [0.2, 0.25) is 19.2 Å². The van der Waals surface area contributed by atoms with E-state index in [-0.39, 0.29) is 18.0 Å². The first-order chi connectivity index (χ1) is 14.3. The van der Waals surface area contributed by atoms with Gasteiger partial charge in [0, 0.05) is 22.8 Å². The molecule has 1 heterocycles. The van der Waals surface area contributed by atoms with Gasteiger partial charge in [0.1, 0.15) is 0 Å². The molecule has 0 spiro atoms. The molecule has 3 rings (SSSR count). The van der Waals surface area contributed by atoms with E-state index < -0.39 is 29.9 Å².